The van der Waals surface area contributed by atoms with Gasteiger partial charge in [0.15, 0.2) is 17.3 Å². The number of ether oxygens (including phenoxy) is 3. The van der Waals surface area contributed by atoms with Crippen LogP contribution in [-0.2, 0) is 0 Å². The normalized spacial score (nSPS) is 10.9. The largest absolute Gasteiger partial charge is 0.497 e. The Morgan fingerprint density at radius 3 is 2.23 bits per heavy atom. The zero-order valence-electron chi connectivity index (χ0n) is 15.0. The topological polar surface area (TPSA) is 44.8 Å². The SMILES string of the molecule is COc1ccc2cc(C(=O)/C=C/c3ccc(OC)c(OC)c3)ccc2c1. The molecule has 0 bridgehead atoms. The monoisotopic (exact) mass is 348 g/mol. The Labute approximate surface area is 152 Å². The van der Waals surface area contributed by atoms with Crippen molar-refractivity contribution >= 4 is 22.6 Å². The maximum atomic E-state index is 12.5. The summed E-state index contributed by atoms with van der Waals surface area (Å²) in [6.07, 6.45) is 3.33. The second-order valence-corrected chi connectivity index (χ2v) is 5.74. The van der Waals surface area contributed by atoms with Crippen molar-refractivity contribution in [2.24, 2.45) is 0 Å². The molecule has 0 unspecified atom stereocenters. The Morgan fingerprint density at radius 1 is 0.769 bits per heavy atom. The standard InChI is InChI=1S/C22H20O4/c1-24-19-9-8-16-13-18(7-6-17(16)14-19)20(23)10-4-15-5-11-21(25-2)22(12-15)26-3/h4-14H,1-3H3/b10-4+. The van der Waals surface area contributed by atoms with Gasteiger partial charge in [0.2, 0.25) is 0 Å². The van der Waals surface area contributed by atoms with E-state index < -0.39 is 0 Å². The zero-order valence-corrected chi connectivity index (χ0v) is 15.0. The number of carbonyl (C=O) groups is 1. The third-order valence-electron chi connectivity index (χ3n) is 4.17. The van der Waals surface area contributed by atoms with Crippen molar-refractivity contribution in [2.75, 3.05) is 21.3 Å². The van der Waals surface area contributed by atoms with Gasteiger partial charge in [-0.05, 0) is 52.7 Å². The van der Waals surface area contributed by atoms with Gasteiger partial charge in [0.1, 0.15) is 5.75 Å². The molecular weight excluding hydrogens is 328 g/mol. The minimum Gasteiger partial charge on any atom is -0.497 e. The van der Waals surface area contributed by atoms with Crippen LogP contribution in [0.4, 0.5) is 0 Å². The predicted octanol–water partition coefficient (Wildman–Crippen LogP) is 4.76. The van der Waals surface area contributed by atoms with E-state index >= 15 is 0 Å². The Kier molecular flexibility index (Phi) is 5.23. The van der Waals surface area contributed by atoms with Gasteiger partial charge in [-0.15, -0.1) is 0 Å². The first kappa shape index (κ1) is 17.5. The van der Waals surface area contributed by atoms with Gasteiger partial charge in [0.05, 0.1) is 21.3 Å². The lowest BCUT2D eigenvalue weighted by molar-refractivity contribution is 0.104. The van der Waals surface area contributed by atoms with Gasteiger partial charge in [0, 0.05) is 5.56 Å². The van der Waals surface area contributed by atoms with E-state index in [0.29, 0.717) is 17.1 Å². The van der Waals surface area contributed by atoms with Crippen molar-refractivity contribution in [1.29, 1.82) is 0 Å². The van der Waals surface area contributed by atoms with Crippen LogP contribution < -0.4 is 14.2 Å². The second-order valence-electron chi connectivity index (χ2n) is 5.74. The van der Waals surface area contributed by atoms with Gasteiger partial charge in [-0.25, -0.2) is 0 Å². The highest BCUT2D eigenvalue weighted by molar-refractivity contribution is 6.08. The lowest BCUT2D eigenvalue weighted by atomic mass is 10.0. The van der Waals surface area contributed by atoms with Crippen LogP contribution in [0.15, 0.2) is 60.7 Å². The van der Waals surface area contributed by atoms with Crippen LogP contribution in [0.25, 0.3) is 16.8 Å². The molecule has 0 N–H and O–H groups in total. The zero-order chi connectivity index (χ0) is 18.5. The fourth-order valence-corrected chi connectivity index (χ4v) is 2.73. The highest BCUT2D eigenvalue weighted by Gasteiger charge is 2.06. The molecule has 0 aromatic heterocycles. The molecule has 0 atom stereocenters. The summed E-state index contributed by atoms with van der Waals surface area (Å²) < 4.78 is 15.7. The van der Waals surface area contributed by atoms with E-state index in [1.54, 1.807) is 33.5 Å². The number of carbonyl (C=O) groups excluding carboxylic acids is 1. The van der Waals surface area contributed by atoms with Crippen molar-refractivity contribution in [2.45, 2.75) is 0 Å². The first-order valence-electron chi connectivity index (χ1n) is 8.17. The fourth-order valence-electron chi connectivity index (χ4n) is 2.73. The summed E-state index contributed by atoms with van der Waals surface area (Å²) in [5, 5.41) is 2.03. The number of hydrogen-bond donors (Lipinski definition) is 0. The Balaban J connectivity index is 1.83. The molecule has 0 aliphatic heterocycles. The van der Waals surface area contributed by atoms with Gasteiger partial charge in [-0.2, -0.15) is 0 Å². The minimum absolute atomic E-state index is 0.0579. The summed E-state index contributed by atoms with van der Waals surface area (Å²) in [5.41, 5.74) is 1.50. The molecule has 0 saturated heterocycles. The molecular formula is C22H20O4. The molecule has 0 amide bonds. The molecule has 0 saturated carbocycles. The average molecular weight is 348 g/mol. The number of fused-ring (bicyclic) bond motifs is 1. The summed E-state index contributed by atoms with van der Waals surface area (Å²) in [5.74, 6) is 2.02. The minimum atomic E-state index is -0.0579. The van der Waals surface area contributed by atoms with Crippen LogP contribution in [0.5, 0.6) is 17.2 Å². The summed E-state index contributed by atoms with van der Waals surface area (Å²) in [7, 11) is 4.81. The van der Waals surface area contributed by atoms with Crippen molar-refractivity contribution in [3.8, 4) is 17.2 Å². The maximum Gasteiger partial charge on any atom is 0.185 e. The van der Waals surface area contributed by atoms with E-state index in [1.165, 1.54) is 0 Å². The first-order valence-corrected chi connectivity index (χ1v) is 8.17. The van der Waals surface area contributed by atoms with Crippen LogP contribution in [-0.4, -0.2) is 27.1 Å². The number of allylic oxidation sites excluding steroid dienone is 1. The van der Waals surface area contributed by atoms with Crippen molar-refractivity contribution in [3.05, 3.63) is 71.8 Å². The van der Waals surface area contributed by atoms with Gasteiger partial charge in [-0.3, -0.25) is 4.79 Å². The van der Waals surface area contributed by atoms with Gasteiger partial charge in [-0.1, -0.05) is 30.3 Å². The summed E-state index contributed by atoms with van der Waals surface area (Å²) in [6.45, 7) is 0. The first-order chi connectivity index (χ1) is 12.6. The van der Waals surface area contributed by atoms with Gasteiger partial charge in [0.25, 0.3) is 0 Å². The number of benzene rings is 3. The smallest absolute Gasteiger partial charge is 0.185 e. The number of methoxy groups -OCH3 is 3. The van der Waals surface area contributed by atoms with Crippen molar-refractivity contribution < 1.29 is 19.0 Å². The highest BCUT2D eigenvalue weighted by atomic mass is 16.5. The molecule has 0 fully saturated rings. The molecule has 26 heavy (non-hydrogen) atoms. The predicted molar refractivity (Wildman–Crippen MR) is 103 cm³/mol. The second kappa shape index (κ2) is 7.74. The molecule has 3 rings (SSSR count). The Hall–Kier alpha value is -3.27. The molecule has 3 aromatic carbocycles. The summed E-state index contributed by atoms with van der Waals surface area (Å²) in [4.78, 5) is 12.5. The molecule has 0 spiro atoms. The number of rotatable bonds is 6. The molecule has 3 aromatic rings. The van der Waals surface area contributed by atoms with Crippen LogP contribution in [0.2, 0.25) is 0 Å². The van der Waals surface area contributed by atoms with E-state index in [2.05, 4.69) is 0 Å². The van der Waals surface area contributed by atoms with E-state index in [9.17, 15) is 4.79 Å². The van der Waals surface area contributed by atoms with Gasteiger partial charge >= 0.3 is 0 Å². The van der Waals surface area contributed by atoms with E-state index in [4.69, 9.17) is 14.2 Å². The molecule has 0 aliphatic rings. The molecule has 0 aliphatic carbocycles. The van der Waals surface area contributed by atoms with Crippen molar-refractivity contribution in [3.63, 3.8) is 0 Å². The quantitative estimate of drug-likeness (QED) is 0.476. The van der Waals surface area contributed by atoms with Gasteiger partial charge < -0.3 is 14.2 Å². The summed E-state index contributed by atoms with van der Waals surface area (Å²) in [6, 6.07) is 16.9. The lowest BCUT2D eigenvalue weighted by Crippen LogP contribution is -1.94. The van der Waals surface area contributed by atoms with Crippen LogP contribution in [0, 0.1) is 0 Å². The van der Waals surface area contributed by atoms with Crippen LogP contribution in [0.1, 0.15) is 15.9 Å². The third-order valence-corrected chi connectivity index (χ3v) is 4.17. The van der Waals surface area contributed by atoms with Crippen LogP contribution >= 0.6 is 0 Å². The van der Waals surface area contributed by atoms with Crippen LogP contribution in [0.3, 0.4) is 0 Å². The fraction of sp³-hybridized carbons (Fsp3) is 0.136. The Bertz CT molecular complexity index is 973. The summed E-state index contributed by atoms with van der Waals surface area (Å²) >= 11 is 0. The number of ketones is 1. The molecule has 0 heterocycles. The van der Waals surface area contributed by atoms with E-state index in [1.807, 2.05) is 54.6 Å². The highest BCUT2D eigenvalue weighted by Crippen LogP contribution is 2.28. The molecule has 4 nitrogen and oxygen atoms in total. The number of hydrogen-bond acceptors (Lipinski definition) is 4. The maximum absolute atomic E-state index is 12.5. The molecule has 0 radical (unpaired) electrons. The Morgan fingerprint density at radius 2 is 1.50 bits per heavy atom. The third kappa shape index (κ3) is 3.70. The molecule has 4 heteroatoms. The van der Waals surface area contributed by atoms with E-state index in [-0.39, 0.29) is 5.78 Å². The molecule has 132 valence electrons. The van der Waals surface area contributed by atoms with E-state index in [0.717, 1.165) is 22.1 Å². The average Bonchev–Trinajstić information content (AvgIpc) is 2.70. The van der Waals surface area contributed by atoms with Crippen molar-refractivity contribution in [1.82, 2.24) is 0 Å². The lowest BCUT2D eigenvalue weighted by Gasteiger charge is -2.07.